The van der Waals surface area contributed by atoms with E-state index in [1.807, 2.05) is 29.6 Å². The highest BCUT2D eigenvalue weighted by Gasteiger charge is 2.21. The Morgan fingerprint density at radius 3 is 2.76 bits per heavy atom. The zero-order chi connectivity index (χ0) is 22.8. The SMILES string of the molecule is COc1ncc(-c2nc(N3CCOCC3)nc3c(Br)csc23)cc1NN(O)c1ccccc1. The van der Waals surface area contributed by atoms with Crippen molar-refractivity contribution in [2.45, 2.75) is 0 Å². The molecule has 1 aliphatic heterocycles. The van der Waals surface area contributed by atoms with Gasteiger partial charge in [0.25, 0.3) is 0 Å². The van der Waals surface area contributed by atoms with Gasteiger partial charge in [-0.15, -0.1) is 11.3 Å². The summed E-state index contributed by atoms with van der Waals surface area (Å²) < 4.78 is 12.8. The van der Waals surface area contributed by atoms with Gasteiger partial charge in [-0.2, -0.15) is 5.17 Å². The van der Waals surface area contributed by atoms with E-state index in [-0.39, 0.29) is 0 Å². The molecule has 1 saturated heterocycles. The van der Waals surface area contributed by atoms with Crippen molar-refractivity contribution in [3.8, 4) is 17.1 Å². The normalized spacial score (nSPS) is 13.8. The monoisotopic (exact) mass is 528 g/mol. The van der Waals surface area contributed by atoms with Crippen LogP contribution >= 0.6 is 27.3 Å². The van der Waals surface area contributed by atoms with Crippen LogP contribution in [0, 0.1) is 0 Å². The number of halogens is 1. The van der Waals surface area contributed by atoms with Crippen LogP contribution in [0.1, 0.15) is 0 Å². The fourth-order valence-electron chi connectivity index (χ4n) is 3.55. The third-order valence-corrected chi connectivity index (χ3v) is 7.08. The highest BCUT2D eigenvalue weighted by atomic mass is 79.9. The summed E-state index contributed by atoms with van der Waals surface area (Å²) in [4.78, 5) is 16.3. The molecule has 1 fully saturated rings. The van der Waals surface area contributed by atoms with Crippen LogP contribution in [0.2, 0.25) is 0 Å². The fraction of sp³-hybridized carbons (Fsp3) is 0.227. The number of nitrogens with one attached hydrogen (secondary N) is 1. The number of ether oxygens (including phenoxy) is 2. The average Bonchev–Trinajstić information content (AvgIpc) is 3.25. The number of hydrazine groups is 1. The second kappa shape index (κ2) is 9.48. The molecule has 33 heavy (non-hydrogen) atoms. The van der Waals surface area contributed by atoms with Gasteiger partial charge in [-0.1, -0.05) is 18.2 Å². The van der Waals surface area contributed by atoms with Crippen LogP contribution in [0.4, 0.5) is 17.3 Å². The number of nitrogens with zero attached hydrogens (tertiary/aromatic N) is 5. The number of morpholine rings is 1. The molecule has 1 aliphatic rings. The molecular weight excluding hydrogens is 508 g/mol. The van der Waals surface area contributed by atoms with Crippen molar-refractivity contribution in [3.05, 3.63) is 52.4 Å². The van der Waals surface area contributed by atoms with Gasteiger partial charge in [0.1, 0.15) is 11.2 Å². The topological polar surface area (TPSA) is 95.9 Å². The summed E-state index contributed by atoms with van der Waals surface area (Å²) in [6.45, 7) is 2.75. The molecule has 4 heterocycles. The molecule has 0 aliphatic carbocycles. The molecule has 0 atom stereocenters. The number of hydrogen-bond donors (Lipinski definition) is 2. The maximum atomic E-state index is 10.5. The number of hydrogen-bond acceptors (Lipinski definition) is 10. The van der Waals surface area contributed by atoms with Crippen LogP contribution in [0.25, 0.3) is 21.5 Å². The Labute approximate surface area is 202 Å². The van der Waals surface area contributed by atoms with E-state index >= 15 is 0 Å². The Morgan fingerprint density at radius 1 is 1.21 bits per heavy atom. The van der Waals surface area contributed by atoms with Gasteiger partial charge in [-0.05, 0) is 34.1 Å². The van der Waals surface area contributed by atoms with Gasteiger partial charge in [0.2, 0.25) is 11.8 Å². The minimum atomic E-state index is 0.347. The van der Waals surface area contributed by atoms with Gasteiger partial charge in [-0.25, -0.2) is 15.0 Å². The number of anilines is 3. The minimum Gasteiger partial charge on any atom is -0.479 e. The van der Waals surface area contributed by atoms with Crippen molar-refractivity contribution < 1.29 is 14.7 Å². The van der Waals surface area contributed by atoms with Crippen molar-refractivity contribution in [2.24, 2.45) is 0 Å². The molecule has 0 unspecified atom stereocenters. The second-order valence-corrected chi connectivity index (χ2v) is 9.01. The number of benzene rings is 1. The summed E-state index contributed by atoms with van der Waals surface area (Å²) >= 11 is 5.18. The highest BCUT2D eigenvalue weighted by molar-refractivity contribution is 9.10. The number of rotatable bonds is 6. The van der Waals surface area contributed by atoms with Gasteiger partial charge < -0.3 is 14.4 Å². The zero-order valence-electron chi connectivity index (χ0n) is 17.7. The van der Waals surface area contributed by atoms with E-state index in [2.05, 4.69) is 31.2 Å². The second-order valence-electron chi connectivity index (χ2n) is 7.27. The smallest absolute Gasteiger partial charge is 0.239 e. The predicted octanol–water partition coefficient (Wildman–Crippen LogP) is 4.58. The van der Waals surface area contributed by atoms with Crippen LogP contribution in [0.15, 0.2) is 52.4 Å². The number of methoxy groups -OCH3 is 1. The van der Waals surface area contributed by atoms with Gasteiger partial charge in [0.05, 0.1) is 40.9 Å². The van der Waals surface area contributed by atoms with E-state index in [0.29, 0.717) is 36.4 Å². The fourth-order valence-corrected chi connectivity index (χ4v) is 5.13. The van der Waals surface area contributed by atoms with Crippen LogP contribution < -0.4 is 20.2 Å². The number of para-hydroxylation sites is 1. The molecule has 0 bridgehead atoms. The predicted molar refractivity (Wildman–Crippen MR) is 132 cm³/mol. The number of fused-ring (bicyclic) bond motifs is 1. The first-order chi connectivity index (χ1) is 16.1. The lowest BCUT2D eigenvalue weighted by molar-refractivity contribution is 0.122. The van der Waals surface area contributed by atoms with Crippen molar-refractivity contribution in [1.82, 2.24) is 15.0 Å². The number of pyridine rings is 1. The molecule has 11 heteroatoms. The van der Waals surface area contributed by atoms with E-state index in [4.69, 9.17) is 19.4 Å². The summed E-state index contributed by atoms with van der Waals surface area (Å²) in [5.41, 5.74) is 6.41. The van der Waals surface area contributed by atoms with Crippen LogP contribution in [-0.2, 0) is 4.74 Å². The van der Waals surface area contributed by atoms with E-state index in [0.717, 1.165) is 44.2 Å². The average molecular weight is 529 g/mol. The Morgan fingerprint density at radius 2 is 2.00 bits per heavy atom. The summed E-state index contributed by atoms with van der Waals surface area (Å²) in [6.07, 6.45) is 1.72. The molecule has 0 spiro atoms. The summed E-state index contributed by atoms with van der Waals surface area (Å²) in [7, 11) is 1.53. The Kier molecular flexibility index (Phi) is 6.27. The standard InChI is InChI=1S/C22H21BrN6O3S/c1-31-21-17(27-29(30)15-5-3-2-4-6-15)11-14(12-24-21)18-20-19(16(23)13-33-20)26-22(25-18)28-7-9-32-10-8-28/h2-6,11-13,27,30H,7-10H2,1H3. The molecule has 3 aromatic heterocycles. The first kappa shape index (κ1) is 21.8. The molecule has 170 valence electrons. The lowest BCUT2D eigenvalue weighted by Crippen LogP contribution is -2.37. The molecule has 1 aromatic carbocycles. The molecule has 2 N–H and O–H groups in total. The van der Waals surface area contributed by atoms with Gasteiger partial charge in [0.15, 0.2) is 0 Å². The number of thiophene rings is 1. The Hall–Kier alpha value is -2.99. The molecule has 0 amide bonds. The first-order valence-corrected chi connectivity index (χ1v) is 11.9. The quantitative estimate of drug-likeness (QED) is 0.348. The van der Waals surface area contributed by atoms with Crippen molar-refractivity contribution >= 4 is 54.8 Å². The lowest BCUT2D eigenvalue weighted by Gasteiger charge is -2.27. The summed E-state index contributed by atoms with van der Waals surface area (Å²) in [5, 5.41) is 13.5. The summed E-state index contributed by atoms with van der Waals surface area (Å²) in [5.74, 6) is 0.998. The van der Waals surface area contributed by atoms with E-state index in [9.17, 15) is 5.21 Å². The van der Waals surface area contributed by atoms with Crippen molar-refractivity contribution in [1.29, 1.82) is 0 Å². The highest BCUT2D eigenvalue weighted by Crippen LogP contribution is 2.38. The minimum absolute atomic E-state index is 0.347. The van der Waals surface area contributed by atoms with Gasteiger partial charge >= 0.3 is 0 Å². The lowest BCUT2D eigenvalue weighted by atomic mass is 10.1. The van der Waals surface area contributed by atoms with Crippen LogP contribution in [-0.4, -0.2) is 53.6 Å². The summed E-state index contributed by atoms with van der Waals surface area (Å²) in [6, 6.07) is 11.0. The largest absolute Gasteiger partial charge is 0.479 e. The molecule has 5 rings (SSSR count). The molecule has 0 saturated carbocycles. The Bertz CT molecular complexity index is 1270. The van der Waals surface area contributed by atoms with Gasteiger partial charge in [-0.3, -0.25) is 10.6 Å². The van der Waals surface area contributed by atoms with E-state index < -0.39 is 0 Å². The van der Waals surface area contributed by atoms with Crippen molar-refractivity contribution in [3.63, 3.8) is 0 Å². The third kappa shape index (κ3) is 4.44. The molecule has 9 nitrogen and oxygen atoms in total. The van der Waals surface area contributed by atoms with E-state index in [1.165, 1.54) is 7.11 Å². The van der Waals surface area contributed by atoms with Gasteiger partial charge in [0, 0.05) is 30.2 Å². The first-order valence-electron chi connectivity index (χ1n) is 10.3. The number of aromatic nitrogens is 3. The molecular formula is C22H21BrN6O3S. The third-order valence-electron chi connectivity index (χ3n) is 5.20. The van der Waals surface area contributed by atoms with Crippen LogP contribution in [0.5, 0.6) is 5.88 Å². The Balaban J connectivity index is 1.57. The zero-order valence-corrected chi connectivity index (χ0v) is 20.1. The molecule has 4 aromatic rings. The van der Waals surface area contributed by atoms with Crippen LogP contribution in [0.3, 0.4) is 0 Å². The maximum Gasteiger partial charge on any atom is 0.239 e. The molecule has 0 radical (unpaired) electrons. The van der Waals surface area contributed by atoms with E-state index in [1.54, 1.807) is 29.7 Å². The maximum absolute atomic E-state index is 10.5. The van der Waals surface area contributed by atoms with Crippen molar-refractivity contribution in [2.75, 3.05) is 48.9 Å².